The first-order valence-corrected chi connectivity index (χ1v) is 7.68. The molecule has 112 valence electrons. The highest BCUT2D eigenvalue weighted by atomic mass is 16.5. The summed E-state index contributed by atoms with van der Waals surface area (Å²) >= 11 is 0. The highest BCUT2D eigenvalue weighted by Crippen LogP contribution is 2.25. The van der Waals surface area contributed by atoms with Crippen molar-refractivity contribution in [2.45, 2.75) is 64.5 Å². The van der Waals surface area contributed by atoms with E-state index >= 15 is 0 Å². The summed E-state index contributed by atoms with van der Waals surface area (Å²) in [7, 11) is 1.64. The molecule has 1 aliphatic carbocycles. The fourth-order valence-corrected chi connectivity index (χ4v) is 2.85. The molecule has 1 fully saturated rings. The lowest BCUT2D eigenvalue weighted by Gasteiger charge is -2.26. The van der Waals surface area contributed by atoms with Gasteiger partial charge in [0.05, 0.1) is 12.6 Å². The molecule has 0 radical (unpaired) electrons. The number of nitrogens with one attached hydrogen (secondary N) is 2. The highest BCUT2D eigenvalue weighted by Gasteiger charge is 2.22. The van der Waals surface area contributed by atoms with Gasteiger partial charge in [-0.15, -0.1) is 0 Å². The summed E-state index contributed by atoms with van der Waals surface area (Å²) in [6.07, 6.45) is 8.02. The van der Waals surface area contributed by atoms with Gasteiger partial charge >= 0.3 is 0 Å². The van der Waals surface area contributed by atoms with E-state index in [1.807, 2.05) is 6.92 Å². The normalized spacial score (nSPS) is 20.6. The standard InChI is InChI=1S/C15H30N2O2/c1-12(14-8-6-4-5-7-9-14)17-13(2)15(18)16-10-11-19-3/h12-14,17H,4-11H2,1-3H3,(H,16,18)/t12-,13?/m0/s1. The van der Waals surface area contributed by atoms with Crippen LogP contribution in [0.4, 0.5) is 0 Å². The molecule has 0 heterocycles. The first-order chi connectivity index (χ1) is 9.15. The third kappa shape index (κ3) is 6.39. The number of carbonyl (C=O) groups excluding carboxylic acids is 1. The van der Waals surface area contributed by atoms with Crippen molar-refractivity contribution in [3.63, 3.8) is 0 Å². The zero-order valence-corrected chi connectivity index (χ0v) is 12.7. The van der Waals surface area contributed by atoms with Gasteiger partial charge in [-0.05, 0) is 32.6 Å². The minimum atomic E-state index is -0.130. The number of ether oxygens (including phenoxy) is 1. The van der Waals surface area contributed by atoms with Crippen LogP contribution in [0.1, 0.15) is 52.4 Å². The van der Waals surface area contributed by atoms with Crippen LogP contribution < -0.4 is 10.6 Å². The second-order valence-corrected chi connectivity index (χ2v) is 5.71. The molecule has 1 aliphatic rings. The van der Waals surface area contributed by atoms with Crippen LogP contribution in [0.25, 0.3) is 0 Å². The van der Waals surface area contributed by atoms with Gasteiger partial charge in [0.2, 0.25) is 5.91 Å². The van der Waals surface area contributed by atoms with Gasteiger partial charge in [-0.2, -0.15) is 0 Å². The zero-order valence-electron chi connectivity index (χ0n) is 12.7. The van der Waals surface area contributed by atoms with Crippen molar-refractivity contribution < 1.29 is 9.53 Å². The van der Waals surface area contributed by atoms with Crippen molar-refractivity contribution in [1.29, 1.82) is 0 Å². The van der Waals surface area contributed by atoms with Crippen LogP contribution >= 0.6 is 0 Å². The number of hydrogen-bond acceptors (Lipinski definition) is 3. The van der Waals surface area contributed by atoms with Gasteiger partial charge in [0.15, 0.2) is 0 Å². The Hall–Kier alpha value is -0.610. The predicted octanol–water partition coefficient (Wildman–Crippen LogP) is 2.09. The summed E-state index contributed by atoms with van der Waals surface area (Å²) in [5, 5.41) is 6.33. The van der Waals surface area contributed by atoms with Crippen LogP contribution in [0.3, 0.4) is 0 Å². The predicted molar refractivity (Wildman–Crippen MR) is 78.1 cm³/mol. The van der Waals surface area contributed by atoms with Crippen molar-refractivity contribution in [2.75, 3.05) is 20.3 Å². The molecule has 1 rings (SSSR count). The Kier molecular flexibility index (Phi) is 8.07. The summed E-state index contributed by atoms with van der Waals surface area (Å²) in [5.41, 5.74) is 0. The Morgan fingerprint density at radius 1 is 1.21 bits per heavy atom. The Labute approximate surface area is 117 Å². The van der Waals surface area contributed by atoms with Crippen LogP contribution in [0.5, 0.6) is 0 Å². The van der Waals surface area contributed by atoms with E-state index in [0.29, 0.717) is 19.2 Å². The highest BCUT2D eigenvalue weighted by molar-refractivity contribution is 5.81. The molecule has 1 saturated carbocycles. The van der Waals surface area contributed by atoms with Gasteiger partial charge in [-0.25, -0.2) is 0 Å². The third-order valence-electron chi connectivity index (χ3n) is 4.12. The fraction of sp³-hybridized carbons (Fsp3) is 0.933. The van der Waals surface area contributed by atoms with Crippen LogP contribution in [-0.2, 0) is 9.53 Å². The Morgan fingerprint density at radius 3 is 2.42 bits per heavy atom. The van der Waals surface area contributed by atoms with E-state index in [1.165, 1.54) is 38.5 Å². The van der Waals surface area contributed by atoms with E-state index < -0.39 is 0 Å². The first-order valence-electron chi connectivity index (χ1n) is 7.68. The molecule has 0 saturated heterocycles. The summed E-state index contributed by atoms with van der Waals surface area (Å²) in [4.78, 5) is 11.9. The molecular weight excluding hydrogens is 240 g/mol. The van der Waals surface area contributed by atoms with Crippen molar-refractivity contribution in [3.05, 3.63) is 0 Å². The van der Waals surface area contributed by atoms with Gasteiger partial charge < -0.3 is 15.4 Å². The molecule has 4 nitrogen and oxygen atoms in total. The van der Waals surface area contributed by atoms with E-state index in [2.05, 4.69) is 17.6 Å². The molecule has 2 N–H and O–H groups in total. The molecular formula is C15H30N2O2. The van der Waals surface area contributed by atoms with E-state index in [1.54, 1.807) is 7.11 Å². The summed E-state index contributed by atoms with van der Waals surface area (Å²) in [6.45, 7) is 5.31. The minimum Gasteiger partial charge on any atom is -0.383 e. The van der Waals surface area contributed by atoms with Gasteiger partial charge in [0, 0.05) is 19.7 Å². The SMILES string of the molecule is COCCNC(=O)C(C)N[C@@H](C)C1CCCCCC1. The number of hydrogen-bond donors (Lipinski definition) is 2. The van der Waals surface area contributed by atoms with Crippen LogP contribution in [-0.4, -0.2) is 38.3 Å². The second kappa shape index (κ2) is 9.32. The molecule has 0 bridgehead atoms. The van der Waals surface area contributed by atoms with Gasteiger partial charge in [-0.1, -0.05) is 25.7 Å². The van der Waals surface area contributed by atoms with Gasteiger partial charge in [0.25, 0.3) is 0 Å². The zero-order chi connectivity index (χ0) is 14.1. The maximum atomic E-state index is 11.9. The quantitative estimate of drug-likeness (QED) is 0.550. The van der Waals surface area contributed by atoms with E-state index in [0.717, 1.165) is 5.92 Å². The van der Waals surface area contributed by atoms with Gasteiger partial charge in [-0.3, -0.25) is 4.79 Å². The first kappa shape index (κ1) is 16.4. The lowest BCUT2D eigenvalue weighted by atomic mass is 9.92. The average Bonchev–Trinajstić information content (AvgIpc) is 2.67. The molecule has 2 atom stereocenters. The Balaban J connectivity index is 2.28. The molecule has 0 aromatic carbocycles. The maximum Gasteiger partial charge on any atom is 0.236 e. The second-order valence-electron chi connectivity index (χ2n) is 5.71. The number of methoxy groups -OCH3 is 1. The van der Waals surface area contributed by atoms with Crippen molar-refractivity contribution in [1.82, 2.24) is 10.6 Å². The van der Waals surface area contributed by atoms with Gasteiger partial charge in [0.1, 0.15) is 0 Å². The van der Waals surface area contributed by atoms with Crippen LogP contribution in [0, 0.1) is 5.92 Å². The minimum absolute atomic E-state index is 0.0671. The average molecular weight is 270 g/mol. The van der Waals surface area contributed by atoms with E-state index in [4.69, 9.17) is 4.74 Å². The number of carbonyl (C=O) groups is 1. The molecule has 1 amide bonds. The maximum absolute atomic E-state index is 11.9. The fourth-order valence-electron chi connectivity index (χ4n) is 2.85. The van der Waals surface area contributed by atoms with Crippen LogP contribution in [0.2, 0.25) is 0 Å². The molecule has 0 aromatic heterocycles. The largest absolute Gasteiger partial charge is 0.383 e. The van der Waals surface area contributed by atoms with Crippen molar-refractivity contribution in [3.8, 4) is 0 Å². The van der Waals surface area contributed by atoms with Crippen LogP contribution in [0.15, 0.2) is 0 Å². The lowest BCUT2D eigenvalue weighted by Crippen LogP contribution is -2.48. The molecule has 1 unspecified atom stereocenters. The summed E-state index contributed by atoms with van der Waals surface area (Å²) < 4.78 is 4.93. The number of amides is 1. The molecule has 4 heteroatoms. The monoisotopic (exact) mass is 270 g/mol. The van der Waals surface area contributed by atoms with Crippen molar-refractivity contribution >= 4 is 5.91 Å². The summed E-state index contributed by atoms with van der Waals surface area (Å²) in [5.74, 6) is 0.786. The van der Waals surface area contributed by atoms with E-state index in [9.17, 15) is 4.79 Å². The molecule has 0 spiro atoms. The molecule has 0 aliphatic heterocycles. The smallest absolute Gasteiger partial charge is 0.236 e. The summed E-state index contributed by atoms with van der Waals surface area (Å²) in [6, 6.07) is 0.288. The Bertz CT molecular complexity index is 251. The molecule has 0 aromatic rings. The number of rotatable bonds is 7. The topological polar surface area (TPSA) is 50.4 Å². The Morgan fingerprint density at radius 2 is 1.84 bits per heavy atom. The van der Waals surface area contributed by atoms with E-state index in [-0.39, 0.29) is 11.9 Å². The lowest BCUT2D eigenvalue weighted by molar-refractivity contribution is -0.123. The molecule has 19 heavy (non-hydrogen) atoms. The van der Waals surface area contributed by atoms with Crippen molar-refractivity contribution in [2.24, 2.45) is 5.92 Å². The third-order valence-corrected chi connectivity index (χ3v) is 4.12.